The average Bonchev–Trinajstić information content (AvgIpc) is 2.08. The first-order chi connectivity index (χ1) is 6.09. The summed E-state index contributed by atoms with van der Waals surface area (Å²) in [5, 5.41) is 24.3. The predicted octanol–water partition coefficient (Wildman–Crippen LogP) is 1.05. The first kappa shape index (κ1) is 9.25. The van der Waals surface area contributed by atoms with E-state index in [1.54, 1.807) is 0 Å². The van der Waals surface area contributed by atoms with E-state index in [9.17, 15) is 4.79 Å². The van der Waals surface area contributed by atoms with Crippen molar-refractivity contribution >= 4 is 11.7 Å². The first-order valence-corrected chi connectivity index (χ1v) is 3.55. The molecule has 0 aliphatic rings. The van der Waals surface area contributed by atoms with Gasteiger partial charge in [0.05, 0.1) is 0 Å². The second kappa shape index (κ2) is 3.71. The Labute approximate surface area is 75.0 Å². The van der Waals surface area contributed by atoms with Crippen LogP contribution < -0.4 is 0 Å². The van der Waals surface area contributed by atoms with Crippen molar-refractivity contribution in [3.63, 3.8) is 0 Å². The first-order valence-electron chi connectivity index (χ1n) is 3.55. The Hall–Kier alpha value is -1.84. The number of nitrogens with one attached hydrogen (secondary N) is 1. The van der Waals surface area contributed by atoms with Crippen molar-refractivity contribution < 1.29 is 15.0 Å². The van der Waals surface area contributed by atoms with Gasteiger partial charge in [0.25, 0.3) is 0 Å². The molecule has 13 heavy (non-hydrogen) atoms. The molecule has 1 rings (SSSR count). The third-order valence-corrected chi connectivity index (χ3v) is 1.43. The molecule has 67 valence electrons. The van der Waals surface area contributed by atoms with E-state index < -0.39 is 11.7 Å². The summed E-state index contributed by atoms with van der Waals surface area (Å²) in [7, 11) is 0. The van der Waals surface area contributed by atoms with E-state index in [1.807, 2.05) is 0 Å². The van der Waals surface area contributed by atoms with Crippen LogP contribution in [0, 0.1) is 11.8 Å². The molecule has 0 fully saturated rings. The van der Waals surface area contributed by atoms with Gasteiger partial charge in [-0.25, -0.2) is 4.79 Å². The van der Waals surface area contributed by atoms with Crippen LogP contribution in [0.5, 0.6) is 5.75 Å². The smallest absolute Gasteiger partial charge is 0.350 e. The van der Waals surface area contributed by atoms with Crippen LogP contribution in [0.2, 0.25) is 0 Å². The van der Waals surface area contributed by atoms with Crippen molar-refractivity contribution in [2.45, 2.75) is 0 Å². The highest BCUT2D eigenvalue weighted by Crippen LogP contribution is 2.11. The molecule has 0 aliphatic heterocycles. The second-order valence-electron chi connectivity index (χ2n) is 2.45. The molecule has 0 bridgehead atoms. The molecule has 0 spiro atoms. The minimum absolute atomic E-state index is 0.110. The standard InChI is InChI=1S/C9H8NO3/c10-8(9(12)13)5-6-1-3-7(11)4-2-6/h1-5,10-11H,(H,12,13). The highest BCUT2D eigenvalue weighted by Gasteiger charge is 2.07. The van der Waals surface area contributed by atoms with Gasteiger partial charge in [-0.1, -0.05) is 12.1 Å². The van der Waals surface area contributed by atoms with E-state index in [2.05, 4.69) is 0 Å². The van der Waals surface area contributed by atoms with Gasteiger partial charge in [0.15, 0.2) is 0 Å². The fourth-order valence-electron chi connectivity index (χ4n) is 0.799. The van der Waals surface area contributed by atoms with Gasteiger partial charge >= 0.3 is 5.97 Å². The number of hydrogen-bond donors (Lipinski definition) is 3. The summed E-state index contributed by atoms with van der Waals surface area (Å²) in [6.45, 7) is 0. The number of aliphatic carboxylic acids is 1. The summed E-state index contributed by atoms with van der Waals surface area (Å²) < 4.78 is 0. The topological polar surface area (TPSA) is 81.4 Å². The molecule has 0 heterocycles. The number of carboxylic acids is 1. The third kappa shape index (κ3) is 2.59. The zero-order chi connectivity index (χ0) is 9.84. The lowest BCUT2D eigenvalue weighted by Crippen LogP contribution is -2.12. The number of aromatic hydroxyl groups is 1. The summed E-state index contributed by atoms with van der Waals surface area (Å²) in [4.78, 5) is 10.3. The molecule has 1 aromatic rings. The van der Waals surface area contributed by atoms with E-state index in [-0.39, 0.29) is 5.75 Å². The molecule has 0 saturated carbocycles. The van der Waals surface area contributed by atoms with Crippen LogP contribution in [0.25, 0.3) is 0 Å². The lowest BCUT2D eigenvalue weighted by molar-refractivity contribution is -0.129. The quantitative estimate of drug-likeness (QED) is 0.605. The second-order valence-corrected chi connectivity index (χ2v) is 2.45. The van der Waals surface area contributed by atoms with Crippen LogP contribution in [-0.4, -0.2) is 21.9 Å². The maximum atomic E-state index is 10.3. The zero-order valence-electron chi connectivity index (χ0n) is 6.69. The van der Waals surface area contributed by atoms with Crippen molar-refractivity contribution in [2.75, 3.05) is 0 Å². The number of hydrogen-bond acceptors (Lipinski definition) is 3. The average molecular weight is 178 g/mol. The highest BCUT2D eigenvalue weighted by atomic mass is 16.4. The number of carboxylic acid groups (broad SMARTS) is 1. The van der Waals surface area contributed by atoms with Crippen molar-refractivity contribution in [1.29, 1.82) is 5.41 Å². The van der Waals surface area contributed by atoms with Crippen molar-refractivity contribution in [3.8, 4) is 5.75 Å². The number of rotatable bonds is 3. The van der Waals surface area contributed by atoms with Gasteiger partial charge in [-0.05, 0) is 17.7 Å². The van der Waals surface area contributed by atoms with Crippen LogP contribution in [0.15, 0.2) is 24.3 Å². The molecule has 1 radical (unpaired) electrons. The fraction of sp³-hybridized carbons (Fsp3) is 0. The minimum Gasteiger partial charge on any atom is -0.508 e. The fourth-order valence-corrected chi connectivity index (χ4v) is 0.799. The monoisotopic (exact) mass is 178 g/mol. The van der Waals surface area contributed by atoms with E-state index in [0.29, 0.717) is 5.56 Å². The summed E-state index contributed by atoms with van der Waals surface area (Å²) >= 11 is 0. The Bertz CT molecular complexity index is 329. The van der Waals surface area contributed by atoms with Gasteiger partial charge in [0.1, 0.15) is 11.5 Å². The lowest BCUT2D eigenvalue weighted by atomic mass is 10.1. The van der Waals surface area contributed by atoms with E-state index >= 15 is 0 Å². The summed E-state index contributed by atoms with van der Waals surface area (Å²) in [5.74, 6) is -1.16. The minimum atomic E-state index is -1.27. The number of phenols is 1. The van der Waals surface area contributed by atoms with Crippen molar-refractivity contribution in [1.82, 2.24) is 0 Å². The molecule has 0 atom stereocenters. The Balaban J connectivity index is 2.70. The molecule has 0 unspecified atom stereocenters. The van der Waals surface area contributed by atoms with Gasteiger partial charge in [-0.2, -0.15) is 0 Å². The molecule has 4 heteroatoms. The van der Waals surface area contributed by atoms with Crippen molar-refractivity contribution in [2.24, 2.45) is 0 Å². The van der Waals surface area contributed by atoms with Gasteiger partial charge in [-0.15, -0.1) is 0 Å². The Morgan fingerprint density at radius 1 is 1.31 bits per heavy atom. The largest absolute Gasteiger partial charge is 0.508 e. The molecule has 0 amide bonds. The van der Waals surface area contributed by atoms with Crippen LogP contribution >= 0.6 is 0 Å². The Kier molecular flexibility index (Phi) is 2.64. The Morgan fingerprint density at radius 3 is 2.31 bits per heavy atom. The highest BCUT2D eigenvalue weighted by molar-refractivity contribution is 6.38. The molecule has 1 aromatic carbocycles. The third-order valence-electron chi connectivity index (χ3n) is 1.43. The SMILES string of the molecule is N=C([CH]c1ccc(O)cc1)C(=O)O. The molecule has 0 aliphatic carbocycles. The van der Waals surface area contributed by atoms with Gasteiger partial charge in [0, 0.05) is 6.42 Å². The lowest BCUT2D eigenvalue weighted by Gasteiger charge is -1.98. The number of benzene rings is 1. The van der Waals surface area contributed by atoms with Gasteiger partial charge in [-0.3, -0.25) is 5.41 Å². The molecule has 0 aromatic heterocycles. The van der Waals surface area contributed by atoms with Crippen molar-refractivity contribution in [3.05, 3.63) is 36.2 Å². The van der Waals surface area contributed by atoms with E-state index in [4.69, 9.17) is 15.6 Å². The van der Waals surface area contributed by atoms with Gasteiger partial charge < -0.3 is 10.2 Å². The maximum Gasteiger partial charge on any atom is 0.350 e. The predicted molar refractivity (Wildman–Crippen MR) is 46.9 cm³/mol. The van der Waals surface area contributed by atoms with E-state index in [1.165, 1.54) is 30.7 Å². The Morgan fingerprint density at radius 2 is 1.85 bits per heavy atom. The molecule has 4 nitrogen and oxygen atoms in total. The molecular formula is C9H8NO3. The van der Waals surface area contributed by atoms with Crippen LogP contribution in [0.1, 0.15) is 5.56 Å². The molecule has 0 saturated heterocycles. The zero-order valence-corrected chi connectivity index (χ0v) is 6.69. The van der Waals surface area contributed by atoms with E-state index in [0.717, 1.165) is 0 Å². The number of carbonyl (C=O) groups is 1. The molecular weight excluding hydrogens is 170 g/mol. The summed E-state index contributed by atoms with van der Waals surface area (Å²) in [6, 6.07) is 5.93. The van der Waals surface area contributed by atoms with Gasteiger partial charge in [0.2, 0.25) is 0 Å². The summed E-state index contributed by atoms with van der Waals surface area (Å²) in [5.41, 5.74) is 0.0934. The van der Waals surface area contributed by atoms with Crippen LogP contribution in [0.4, 0.5) is 0 Å². The number of phenolic OH excluding ortho intramolecular Hbond substituents is 1. The van der Waals surface area contributed by atoms with Crippen LogP contribution in [-0.2, 0) is 4.79 Å². The normalized spacial score (nSPS) is 9.54. The van der Waals surface area contributed by atoms with Crippen LogP contribution in [0.3, 0.4) is 0 Å². The maximum absolute atomic E-state index is 10.3. The summed E-state index contributed by atoms with van der Waals surface area (Å²) in [6.07, 6.45) is 1.21. The molecule has 3 N–H and O–H groups in total.